The Labute approximate surface area is 112 Å². The summed E-state index contributed by atoms with van der Waals surface area (Å²) in [6.45, 7) is 8.50. The predicted molar refractivity (Wildman–Crippen MR) is 75.3 cm³/mol. The second-order valence-electron chi connectivity index (χ2n) is 5.57. The van der Waals surface area contributed by atoms with Crippen molar-refractivity contribution in [3.05, 3.63) is 22.3 Å². The molecule has 3 nitrogen and oxygen atoms in total. The van der Waals surface area contributed by atoms with E-state index in [9.17, 15) is 0 Å². The summed E-state index contributed by atoms with van der Waals surface area (Å²) in [6.07, 6.45) is 2.89. The number of aromatic nitrogens is 1. The summed E-state index contributed by atoms with van der Waals surface area (Å²) in [5, 5.41) is 0. The highest BCUT2D eigenvalue weighted by molar-refractivity contribution is 9.10. The van der Waals surface area contributed by atoms with E-state index in [0.717, 1.165) is 29.8 Å². The number of aryl methyl sites for hydroxylation is 1. The van der Waals surface area contributed by atoms with Crippen molar-refractivity contribution in [3.8, 4) is 0 Å². The molecule has 1 saturated heterocycles. The van der Waals surface area contributed by atoms with Gasteiger partial charge in [-0.3, -0.25) is 0 Å². The predicted octanol–water partition coefficient (Wildman–Crippen LogP) is 2.72. The summed E-state index contributed by atoms with van der Waals surface area (Å²) in [5.41, 5.74) is 7.53. The van der Waals surface area contributed by atoms with Crippen LogP contribution < -0.4 is 10.6 Å². The number of hydrogen-bond donors (Lipinski definition) is 1. The lowest BCUT2D eigenvalue weighted by molar-refractivity contribution is 0.244. The van der Waals surface area contributed by atoms with Crippen molar-refractivity contribution in [2.24, 2.45) is 11.1 Å². The van der Waals surface area contributed by atoms with Crippen LogP contribution in [0.4, 0.5) is 5.82 Å². The molecule has 1 aromatic heterocycles. The van der Waals surface area contributed by atoms with E-state index in [0.29, 0.717) is 0 Å². The maximum atomic E-state index is 6.16. The molecule has 0 bridgehead atoms. The number of halogens is 1. The average Bonchev–Trinajstić information content (AvgIpc) is 2.26. The van der Waals surface area contributed by atoms with E-state index in [1.54, 1.807) is 0 Å². The molecule has 2 N–H and O–H groups in total. The normalized spacial score (nSPS) is 23.8. The van der Waals surface area contributed by atoms with Gasteiger partial charge in [0.25, 0.3) is 0 Å². The molecule has 1 aromatic rings. The first-order valence-corrected chi connectivity index (χ1v) is 6.83. The van der Waals surface area contributed by atoms with Crippen LogP contribution in [0.15, 0.2) is 16.7 Å². The summed E-state index contributed by atoms with van der Waals surface area (Å²) in [6, 6.07) is 2.30. The topological polar surface area (TPSA) is 42.2 Å². The van der Waals surface area contributed by atoms with Gasteiger partial charge >= 0.3 is 0 Å². The third-order valence-corrected chi connectivity index (χ3v) is 4.66. The molecule has 4 heteroatoms. The van der Waals surface area contributed by atoms with Crippen LogP contribution in [0.5, 0.6) is 0 Å². The Morgan fingerprint density at radius 1 is 1.53 bits per heavy atom. The molecule has 1 aliphatic rings. The molecule has 0 spiro atoms. The molecular formula is C13H20BrN3. The number of pyridine rings is 1. The Bertz CT molecular complexity index is 417. The van der Waals surface area contributed by atoms with Crippen LogP contribution in [-0.4, -0.2) is 24.1 Å². The Kier molecular flexibility index (Phi) is 3.46. The smallest absolute Gasteiger partial charge is 0.143 e. The summed E-state index contributed by atoms with van der Waals surface area (Å²) < 4.78 is 1.10. The van der Waals surface area contributed by atoms with Gasteiger partial charge in [0.15, 0.2) is 0 Å². The third kappa shape index (κ3) is 2.47. The lowest BCUT2D eigenvalue weighted by atomic mass is 9.80. The second-order valence-corrected chi connectivity index (χ2v) is 6.36. The van der Waals surface area contributed by atoms with Crippen molar-refractivity contribution in [3.63, 3.8) is 0 Å². The fourth-order valence-electron chi connectivity index (χ4n) is 2.30. The first-order chi connectivity index (χ1) is 7.92. The molecule has 0 aliphatic carbocycles. The van der Waals surface area contributed by atoms with E-state index in [1.807, 2.05) is 12.3 Å². The molecule has 17 heavy (non-hydrogen) atoms. The highest BCUT2D eigenvalue weighted by atomic mass is 79.9. The molecule has 0 amide bonds. The van der Waals surface area contributed by atoms with E-state index in [4.69, 9.17) is 5.73 Å². The summed E-state index contributed by atoms with van der Waals surface area (Å²) in [7, 11) is 0. The minimum absolute atomic E-state index is 0.142. The molecule has 1 aliphatic heterocycles. The number of anilines is 1. The van der Waals surface area contributed by atoms with E-state index < -0.39 is 0 Å². The van der Waals surface area contributed by atoms with Gasteiger partial charge in [0.05, 0.1) is 4.47 Å². The lowest BCUT2D eigenvalue weighted by Crippen LogP contribution is -2.52. The molecule has 2 heterocycles. The zero-order valence-corrected chi connectivity index (χ0v) is 12.3. The molecule has 0 radical (unpaired) electrons. The van der Waals surface area contributed by atoms with Gasteiger partial charge in [0.2, 0.25) is 0 Å². The number of hydrogen-bond acceptors (Lipinski definition) is 3. The first kappa shape index (κ1) is 12.8. The fraction of sp³-hybridized carbons (Fsp3) is 0.615. The largest absolute Gasteiger partial charge is 0.355 e. The van der Waals surface area contributed by atoms with Crippen LogP contribution in [0, 0.1) is 12.3 Å². The standard InChI is InChI=1S/C13H20BrN3/c1-9-4-6-16-12(11(9)14)17-7-5-10(15)13(2,3)8-17/h4,6,10H,5,7-8,15H2,1-3H3. The molecule has 1 fully saturated rings. The van der Waals surface area contributed by atoms with E-state index in [2.05, 4.69) is 46.6 Å². The summed E-state index contributed by atoms with van der Waals surface area (Å²) >= 11 is 3.63. The zero-order valence-electron chi connectivity index (χ0n) is 10.7. The molecule has 94 valence electrons. The Morgan fingerprint density at radius 3 is 2.88 bits per heavy atom. The molecule has 2 rings (SSSR count). The SMILES string of the molecule is Cc1ccnc(N2CCC(N)C(C)(C)C2)c1Br. The van der Waals surface area contributed by atoms with Crippen molar-refractivity contribution in [1.82, 2.24) is 4.98 Å². The van der Waals surface area contributed by atoms with Crippen molar-refractivity contribution in [1.29, 1.82) is 0 Å². The van der Waals surface area contributed by atoms with Gasteiger partial charge in [-0.2, -0.15) is 0 Å². The van der Waals surface area contributed by atoms with Gasteiger partial charge in [-0.05, 0) is 46.3 Å². The quantitative estimate of drug-likeness (QED) is 0.867. The summed E-state index contributed by atoms with van der Waals surface area (Å²) in [4.78, 5) is 6.83. The van der Waals surface area contributed by atoms with Gasteiger partial charge in [-0.25, -0.2) is 4.98 Å². The van der Waals surface area contributed by atoms with Crippen LogP contribution in [0.1, 0.15) is 25.8 Å². The van der Waals surface area contributed by atoms with Gasteiger partial charge in [0, 0.05) is 25.3 Å². The Hall–Kier alpha value is -0.610. The van der Waals surface area contributed by atoms with E-state index >= 15 is 0 Å². The fourth-order valence-corrected chi connectivity index (χ4v) is 2.79. The maximum absolute atomic E-state index is 6.16. The van der Waals surface area contributed by atoms with Crippen molar-refractivity contribution in [2.75, 3.05) is 18.0 Å². The van der Waals surface area contributed by atoms with Crippen LogP contribution in [0.3, 0.4) is 0 Å². The molecular weight excluding hydrogens is 278 g/mol. The van der Waals surface area contributed by atoms with Gasteiger partial charge in [-0.15, -0.1) is 0 Å². The maximum Gasteiger partial charge on any atom is 0.143 e. The molecule has 1 atom stereocenters. The van der Waals surface area contributed by atoms with Gasteiger partial charge in [0.1, 0.15) is 5.82 Å². The number of piperidine rings is 1. The van der Waals surface area contributed by atoms with Crippen LogP contribution in [0.2, 0.25) is 0 Å². The number of rotatable bonds is 1. The van der Waals surface area contributed by atoms with Crippen LogP contribution >= 0.6 is 15.9 Å². The Balaban J connectivity index is 2.27. The second kappa shape index (κ2) is 4.58. The van der Waals surface area contributed by atoms with Crippen molar-refractivity contribution >= 4 is 21.7 Å². The monoisotopic (exact) mass is 297 g/mol. The van der Waals surface area contributed by atoms with E-state index in [1.165, 1.54) is 5.56 Å². The molecule has 0 aromatic carbocycles. The molecule has 0 saturated carbocycles. The third-order valence-electron chi connectivity index (χ3n) is 3.68. The lowest BCUT2D eigenvalue weighted by Gasteiger charge is -2.43. The Morgan fingerprint density at radius 2 is 2.24 bits per heavy atom. The van der Waals surface area contributed by atoms with Crippen molar-refractivity contribution < 1.29 is 0 Å². The summed E-state index contributed by atoms with van der Waals surface area (Å²) in [5.74, 6) is 1.05. The molecule has 1 unspecified atom stereocenters. The minimum Gasteiger partial charge on any atom is -0.355 e. The highest BCUT2D eigenvalue weighted by Gasteiger charge is 2.34. The highest BCUT2D eigenvalue weighted by Crippen LogP contribution is 2.34. The van der Waals surface area contributed by atoms with Gasteiger partial charge < -0.3 is 10.6 Å². The van der Waals surface area contributed by atoms with Crippen LogP contribution in [0.25, 0.3) is 0 Å². The minimum atomic E-state index is 0.142. The first-order valence-electron chi connectivity index (χ1n) is 6.03. The van der Waals surface area contributed by atoms with Crippen LogP contribution in [-0.2, 0) is 0 Å². The average molecular weight is 298 g/mol. The zero-order chi connectivity index (χ0) is 12.6. The van der Waals surface area contributed by atoms with Crippen molar-refractivity contribution in [2.45, 2.75) is 33.2 Å². The van der Waals surface area contributed by atoms with E-state index in [-0.39, 0.29) is 11.5 Å². The number of nitrogens with two attached hydrogens (primary N) is 1. The van der Waals surface area contributed by atoms with Gasteiger partial charge in [-0.1, -0.05) is 13.8 Å². The number of nitrogens with zero attached hydrogens (tertiary/aromatic N) is 2.